The van der Waals surface area contributed by atoms with Crippen LogP contribution >= 0.6 is 0 Å². The van der Waals surface area contributed by atoms with Crippen molar-refractivity contribution in [1.82, 2.24) is 0 Å². The first-order chi connectivity index (χ1) is 11.6. The number of amides is 1. The number of ether oxygens (including phenoxy) is 2. The molecule has 2 rings (SSSR count). The van der Waals surface area contributed by atoms with E-state index in [0.29, 0.717) is 36.9 Å². The average Bonchev–Trinajstić information content (AvgIpc) is 2.59. The number of para-hydroxylation sites is 2. The lowest BCUT2D eigenvalue weighted by molar-refractivity contribution is -0.116. The van der Waals surface area contributed by atoms with Crippen LogP contribution in [0.3, 0.4) is 0 Å². The average molecular weight is 327 g/mol. The van der Waals surface area contributed by atoms with Crippen molar-refractivity contribution in [3.63, 3.8) is 0 Å². The van der Waals surface area contributed by atoms with Crippen LogP contribution in [0.1, 0.15) is 38.2 Å². The number of methoxy groups -OCH3 is 1. The van der Waals surface area contributed by atoms with E-state index >= 15 is 0 Å². The van der Waals surface area contributed by atoms with E-state index in [-0.39, 0.29) is 5.91 Å². The van der Waals surface area contributed by atoms with Crippen molar-refractivity contribution in [3.8, 4) is 11.5 Å². The van der Waals surface area contributed by atoms with Crippen molar-refractivity contribution in [2.75, 3.05) is 19.0 Å². The third-order valence-corrected chi connectivity index (χ3v) is 3.74. The topological polar surface area (TPSA) is 47.6 Å². The van der Waals surface area contributed by atoms with Gasteiger partial charge in [0.2, 0.25) is 5.91 Å². The van der Waals surface area contributed by atoms with Crippen LogP contribution < -0.4 is 14.8 Å². The first-order valence-electron chi connectivity index (χ1n) is 8.25. The van der Waals surface area contributed by atoms with Crippen molar-refractivity contribution in [2.24, 2.45) is 0 Å². The van der Waals surface area contributed by atoms with Crippen molar-refractivity contribution in [3.05, 3.63) is 54.1 Å². The van der Waals surface area contributed by atoms with Crippen LogP contribution in [0.4, 0.5) is 5.69 Å². The Morgan fingerprint density at radius 1 is 1.04 bits per heavy atom. The monoisotopic (exact) mass is 327 g/mol. The summed E-state index contributed by atoms with van der Waals surface area (Å²) >= 11 is 0. The first kappa shape index (κ1) is 17.9. The van der Waals surface area contributed by atoms with Crippen molar-refractivity contribution in [1.29, 1.82) is 0 Å². The highest BCUT2D eigenvalue weighted by Gasteiger charge is 2.06. The molecule has 0 fully saturated rings. The Balaban J connectivity index is 1.73. The molecule has 0 unspecified atom stereocenters. The fraction of sp³-hybridized carbons (Fsp3) is 0.350. The smallest absolute Gasteiger partial charge is 0.224 e. The maximum absolute atomic E-state index is 12.0. The van der Waals surface area contributed by atoms with Gasteiger partial charge in [0.1, 0.15) is 0 Å². The molecule has 24 heavy (non-hydrogen) atoms. The van der Waals surface area contributed by atoms with E-state index in [1.807, 2.05) is 48.5 Å². The van der Waals surface area contributed by atoms with Gasteiger partial charge in [-0.15, -0.1) is 0 Å². The van der Waals surface area contributed by atoms with Crippen LogP contribution in [-0.4, -0.2) is 19.6 Å². The summed E-state index contributed by atoms with van der Waals surface area (Å²) in [5.74, 6) is 1.88. The lowest BCUT2D eigenvalue weighted by atomic mass is 10.0. The first-order valence-corrected chi connectivity index (χ1v) is 8.25. The predicted molar refractivity (Wildman–Crippen MR) is 96.9 cm³/mol. The zero-order valence-electron chi connectivity index (χ0n) is 14.5. The molecular formula is C20H25NO3. The van der Waals surface area contributed by atoms with Crippen LogP contribution in [0, 0.1) is 0 Å². The predicted octanol–water partition coefficient (Wildman–Crippen LogP) is 4.62. The summed E-state index contributed by atoms with van der Waals surface area (Å²) in [5.41, 5.74) is 2.09. The molecule has 0 bridgehead atoms. The highest BCUT2D eigenvalue weighted by molar-refractivity contribution is 5.90. The lowest BCUT2D eigenvalue weighted by Crippen LogP contribution is -2.13. The Kier molecular flexibility index (Phi) is 6.67. The molecule has 0 aliphatic heterocycles. The number of hydrogen-bond acceptors (Lipinski definition) is 3. The minimum Gasteiger partial charge on any atom is -0.493 e. The summed E-state index contributed by atoms with van der Waals surface area (Å²) in [6, 6.07) is 15.5. The molecule has 0 heterocycles. The summed E-state index contributed by atoms with van der Waals surface area (Å²) in [5, 5.41) is 2.91. The lowest BCUT2D eigenvalue weighted by Gasteiger charge is -2.10. The highest BCUT2D eigenvalue weighted by Crippen LogP contribution is 2.25. The molecule has 0 aliphatic rings. The van der Waals surface area contributed by atoms with E-state index in [4.69, 9.17) is 9.47 Å². The molecule has 2 aromatic carbocycles. The number of benzene rings is 2. The van der Waals surface area contributed by atoms with Gasteiger partial charge >= 0.3 is 0 Å². The fourth-order valence-corrected chi connectivity index (χ4v) is 2.33. The van der Waals surface area contributed by atoms with Gasteiger partial charge in [0.25, 0.3) is 0 Å². The van der Waals surface area contributed by atoms with E-state index < -0.39 is 0 Å². The molecule has 0 aromatic heterocycles. The summed E-state index contributed by atoms with van der Waals surface area (Å²) in [6.45, 7) is 4.77. The second kappa shape index (κ2) is 8.96. The van der Waals surface area contributed by atoms with E-state index in [9.17, 15) is 4.79 Å². The molecule has 128 valence electrons. The molecule has 2 aromatic rings. The third-order valence-electron chi connectivity index (χ3n) is 3.74. The van der Waals surface area contributed by atoms with E-state index in [1.165, 1.54) is 5.56 Å². The minimum absolute atomic E-state index is 0.00377. The van der Waals surface area contributed by atoms with Gasteiger partial charge in [-0.2, -0.15) is 0 Å². The number of anilines is 1. The number of carbonyl (C=O) groups excluding carboxylic acids is 1. The fourth-order valence-electron chi connectivity index (χ4n) is 2.33. The van der Waals surface area contributed by atoms with Crippen molar-refractivity contribution in [2.45, 2.75) is 32.6 Å². The van der Waals surface area contributed by atoms with Crippen LogP contribution in [0.2, 0.25) is 0 Å². The van der Waals surface area contributed by atoms with Gasteiger partial charge in [0.15, 0.2) is 11.5 Å². The Bertz CT molecular complexity index is 650. The van der Waals surface area contributed by atoms with Crippen LogP contribution in [0.25, 0.3) is 0 Å². The van der Waals surface area contributed by atoms with Crippen molar-refractivity contribution < 1.29 is 14.3 Å². The van der Waals surface area contributed by atoms with E-state index in [0.717, 1.165) is 5.69 Å². The second-order valence-corrected chi connectivity index (χ2v) is 5.93. The van der Waals surface area contributed by atoms with Gasteiger partial charge in [0, 0.05) is 12.1 Å². The standard InChI is InChI=1S/C20H25NO3/c1-15(2)16-10-12-17(13-11-16)21-20(22)9-6-14-24-19-8-5-4-7-18(19)23-3/h4-5,7-8,10-13,15H,6,9,14H2,1-3H3,(H,21,22). The third kappa shape index (κ3) is 5.30. The van der Waals surface area contributed by atoms with Gasteiger partial charge in [-0.05, 0) is 42.2 Å². The number of nitrogens with one attached hydrogen (secondary N) is 1. The molecule has 0 aliphatic carbocycles. The van der Waals surface area contributed by atoms with Crippen LogP contribution in [-0.2, 0) is 4.79 Å². The van der Waals surface area contributed by atoms with Crippen LogP contribution in [0.15, 0.2) is 48.5 Å². The maximum atomic E-state index is 12.0. The van der Waals surface area contributed by atoms with E-state index in [2.05, 4.69) is 19.2 Å². The minimum atomic E-state index is -0.00377. The van der Waals surface area contributed by atoms with Gasteiger partial charge in [-0.3, -0.25) is 4.79 Å². The second-order valence-electron chi connectivity index (χ2n) is 5.93. The zero-order valence-corrected chi connectivity index (χ0v) is 14.5. The molecule has 0 radical (unpaired) electrons. The Hall–Kier alpha value is -2.49. The molecule has 1 N–H and O–H groups in total. The van der Waals surface area contributed by atoms with Gasteiger partial charge in [-0.25, -0.2) is 0 Å². The summed E-state index contributed by atoms with van der Waals surface area (Å²) in [7, 11) is 1.61. The number of hydrogen-bond donors (Lipinski definition) is 1. The largest absolute Gasteiger partial charge is 0.493 e. The quantitative estimate of drug-likeness (QED) is 0.720. The summed E-state index contributed by atoms with van der Waals surface area (Å²) in [4.78, 5) is 12.0. The zero-order chi connectivity index (χ0) is 17.4. The van der Waals surface area contributed by atoms with Gasteiger partial charge < -0.3 is 14.8 Å². The molecular weight excluding hydrogens is 302 g/mol. The molecule has 1 amide bonds. The SMILES string of the molecule is COc1ccccc1OCCCC(=O)Nc1ccc(C(C)C)cc1. The Morgan fingerprint density at radius 3 is 2.33 bits per heavy atom. The normalized spacial score (nSPS) is 10.5. The van der Waals surface area contributed by atoms with Crippen molar-refractivity contribution >= 4 is 11.6 Å². The Morgan fingerprint density at radius 2 is 1.71 bits per heavy atom. The Labute approximate surface area is 143 Å². The number of rotatable bonds is 8. The highest BCUT2D eigenvalue weighted by atomic mass is 16.5. The van der Waals surface area contributed by atoms with Gasteiger partial charge in [0.05, 0.1) is 13.7 Å². The van der Waals surface area contributed by atoms with Gasteiger partial charge in [-0.1, -0.05) is 38.1 Å². The molecule has 0 saturated carbocycles. The molecule has 0 spiro atoms. The summed E-state index contributed by atoms with van der Waals surface area (Å²) in [6.07, 6.45) is 1.06. The van der Waals surface area contributed by atoms with E-state index in [1.54, 1.807) is 7.11 Å². The van der Waals surface area contributed by atoms with Crippen LogP contribution in [0.5, 0.6) is 11.5 Å². The number of carbonyl (C=O) groups is 1. The molecule has 0 saturated heterocycles. The molecule has 4 heteroatoms. The summed E-state index contributed by atoms with van der Waals surface area (Å²) < 4.78 is 10.9. The molecule has 0 atom stereocenters. The molecule has 4 nitrogen and oxygen atoms in total. The maximum Gasteiger partial charge on any atom is 0.224 e.